The molecule has 1 N–H and O–H groups in total. The van der Waals surface area contributed by atoms with Gasteiger partial charge in [0.25, 0.3) is 0 Å². The smallest absolute Gasteiger partial charge is 0.177 e. The van der Waals surface area contributed by atoms with Gasteiger partial charge in [-0.15, -0.1) is 0 Å². The summed E-state index contributed by atoms with van der Waals surface area (Å²) in [6, 6.07) is 3.64. The van der Waals surface area contributed by atoms with E-state index in [0.29, 0.717) is 11.5 Å². The third-order valence-corrected chi connectivity index (χ3v) is 1.44. The molecule has 0 fully saturated rings. The number of imidazole rings is 1. The number of rotatable bonds is 1. The van der Waals surface area contributed by atoms with Crippen molar-refractivity contribution < 1.29 is 5.11 Å². The largest absolute Gasteiger partial charge is 0.339 e. The molecular formula is C7H6N3O. The highest BCUT2D eigenvalue weighted by atomic mass is 16.3. The van der Waals surface area contributed by atoms with Gasteiger partial charge in [0.1, 0.15) is 12.4 Å². The Morgan fingerprint density at radius 1 is 1.55 bits per heavy atom. The van der Waals surface area contributed by atoms with Crippen LogP contribution in [0.3, 0.4) is 0 Å². The maximum atomic E-state index is 10.4. The van der Waals surface area contributed by atoms with Crippen LogP contribution >= 0.6 is 0 Å². The van der Waals surface area contributed by atoms with Crippen molar-refractivity contribution in [3.05, 3.63) is 24.2 Å². The Hall–Kier alpha value is -1.42. The number of fused-ring (bicyclic) bond motifs is 1. The van der Waals surface area contributed by atoms with Crippen molar-refractivity contribution in [2.24, 2.45) is 0 Å². The van der Waals surface area contributed by atoms with E-state index in [0.717, 1.165) is 5.52 Å². The molecule has 0 aliphatic rings. The van der Waals surface area contributed by atoms with E-state index in [9.17, 15) is 5.11 Å². The Bertz CT molecular complexity index is 335. The van der Waals surface area contributed by atoms with Gasteiger partial charge in [-0.05, 0) is 12.1 Å². The predicted octanol–water partition coefficient (Wildman–Crippen LogP) is 0.888. The van der Waals surface area contributed by atoms with Gasteiger partial charge in [0.05, 0.1) is 5.52 Å². The number of hydrogen-bond donors (Lipinski definition) is 1. The van der Waals surface area contributed by atoms with Gasteiger partial charge in [0.2, 0.25) is 0 Å². The van der Waals surface area contributed by atoms with Crippen LogP contribution in [0.5, 0.6) is 0 Å². The van der Waals surface area contributed by atoms with Crippen molar-refractivity contribution in [2.45, 2.75) is 6.61 Å². The highest BCUT2D eigenvalue weighted by Gasteiger charge is 2.00. The molecule has 2 heterocycles. The standard InChI is InChI=1S/C7H6N3O/c11-4-6-9-5-2-1-3-8-7(5)10-6/h1-3H,4H2,(H,8,9,10). The first-order valence-corrected chi connectivity index (χ1v) is 3.28. The van der Waals surface area contributed by atoms with E-state index >= 15 is 0 Å². The van der Waals surface area contributed by atoms with Crippen molar-refractivity contribution in [3.8, 4) is 0 Å². The molecule has 0 bridgehead atoms. The predicted molar refractivity (Wildman–Crippen MR) is 38.3 cm³/mol. The van der Waals surface area contributed by atoms with E-state index in [-0.39, 0.29) is 6.61 Å². The summed E-state index contributed by atoms with van der Waals surface area (Å²) in [5.74, 6) is 0.443. The molecule has 0 aliphatic carbocycles. The Morgan fingerprint density at radius 2 is 2.45 bits per heavy atom. The van der Waals surface area contributed by atoms with E-state index in [1.165, 1.54) is 0 Å². The normalized spacial score (nSPS) is 10.6. The number of hydrogen-bond acceptors (Lipinski definition) is 2. The number of nitrogens with one attached hydrogen (secondary N) is 1. The Labute approximate surface area is 62.9 Å². The summed E-state index contributed by atoms with van der Waals surface area (Å²) in [5, 5.41) is 10.4. The molecule has 11 heavy (non-hydrogen) atoms. The molecule has 0 amide bonds. The quantitative estimate of drug-likeness (QED) is 0.652. The molecule has 2 aromatic rings. The summed E-state index contributed by atoms with van der Waals surface area (Å²) in [7, 11) is 0. The minimum absolute atomic E-state index is 0.323. The summed E-state index contributed by atoms with van der Waals surface area (Å²) >= 11 is 0. The number of nitrogens with zero attached hydrogens (tertiary/aromatic N) is 2. The molecule has 0 saturated carbocycles. The van der Waals surface area contributed by atoms with Crippen LogP contribution < -0.4 is 0 Å². The summed E-state index contributed by atoms with van der Waals surface area (Å²) < 4.78 is 0. The zero-order valence-electron chi connectivity index (χ0n) is 5.74. The van der Waals surface area contributed by atoms with Gasteiger partial charge in [-0.3, -0.25) is 0 Å². The second-order valence-electron chi connectivity index (χ2n) is 2.20. The number of aromatic nitrogens is 3. The second-order valence-corrected chi connectivity index (χ2v) is 2.20. The lowest BCUT2D eigenvalue weighted by atomic mass is 10.4. The third-order valence-electron chi connectivity index (χ3n) is 1.44. The first-order chi connectivity index (χ1) is 5.40. The number of H-pyrrole nitrogens is 1. The maximum absolute atomic E-state index is 10.4. The summed E-state index contributed by atoms with van der Waals surface area (Å²) in [4.78, 5) is 10.8. The van der Waals surface area contributed by atoms with Crippen molar-refractivity contribution in [1.82, 2.24) is 15.0 Å². The zero-order valence-corrected chi connectivity index (χ0v) is 5.74. The number of aromatic amines is 1. The fourth-order valence-electron chi connectivity index (χ4n) is 0.963. The molecule has 2 rings (SSSR count). The first-order valence-electron chi connectivity index (χ1n) is 3.28. The van der Waals surface area contributed by atoms with E-state index in [4.69, 9.17) is 0 Å². The molecule has 4 nitrogen and oxygen atoms in total. The van der Waals surface area contributed by atoms with Crippen LogP contribution in [0.4, 0.5) is 0 Å². The van der Waals surface area contributed by atoms with Crippen LogP contribution in [-0.4, -0.2) is 15.0 Å². The SMILES string of the molecule is [O]Cc1nc2ncccc2[nH]1. The maximum Gasteiger partial charge on any atom is 0.177 e. The average Bonchev–Trinajstić information content (AvgIpc) is 2.46. The molecular weight excluding hydrogens is 142 g/mol. The van der Waals surface area contributed by atoms with Crippen LogP contribution in [0, 0.1) is 0 Å². The van der Waals surface area contributed by atoms with Crippen LogP contribution in [-0.2, 0) is 11.7 Å². The van der Waals surface area contributed by atoms with Gasteiger partial charge in [-0.1, -0.05) is 0 Å². The van der Waals surface area contributed by atoms with Crippen molar-refractivity contribution in [1.29, 1.82) is 0 Å². The minimum Gasteiger partial charge on any atom is -0.339 e. The molecule has 0 aliphatic heterocycles. The lowest BCUT2D eigenvalue weighted by Gasteiger charge is -1.81. The van der Waals surface area contributed by atoms with Crippen molar-refractivity contribution in [3.63, 3.8) is 0 Å². The van der Waals surface area contributed by atoms with Crippen molar-refractivity contribution in [2.75, 3.05) is 0 Å². The van der Waals surface area contributed by atoms with E-state index < -0.39 is 0 Å². The summed E-state index contributed by atoms with van der Waals surface area (Å²) in [5.41, 5.74) is 1.43. The molecule has 0 saturated heterocycles. The molecule has 2 aromatic heterocycles. The van der Waals surface area contributed by atoms with Crippen LogP contribution in [0.2, 0.25) is 0 Å². The Kier molecular flexibility index (Phi) is 1.33. The first kappa shape index (κ1) is 6.30. The monoisotopic (exact) mass is 148 g/mol. The van der Waals surface area contributed by atoms with E-state index in [1.54, 1.807) is 12.3 Å². The fraction of sp³-hybridized carbons (Fsp3) is 0.143. The molecule has 0 unspecified atom stereocenters. The molecule has 0 aromatic carbocycles. The lowest BCUT2D eigenvalue weighted by molar-refractivity contribution is 0.171. The average molecular weight is 148 g/mol. The fourth-order valence-corrected chi connectivity index (χ4v) is 0.963. The Morgan fingerprint density at radius 3 is 3.18 bits per heavy atom. The van der Waals surface area contributed by atoms with Gasteiger partial charge in [-0.25, -0.2) is 15.1 Å². The van der Waals surface area contributed by atoms with E-state index in [1.807, 2.05) is 6.07 Å². The molecule has 1 radical (unpaired) electrons. The highest BCUT2D eigenvalue weighted by Crippen LogP contribution is 2.06. The zero-order chi connectivity index (χ0) is 7.68. The Balaban J connectivity index is 2.69. The lowest BCUT2D eigenvalue weighted by Crippen LogP contribution is -1.81. The van der Waals surface area contributed by atoms with Gasteiger partial charge in [0, 0.05) is 6.20 Å². The molecule has 55 valence electrons. The molecule has 4 heteroatoms. The number of pyridine rings is 1. The van der Waals surface area contributed by atoms with Crippen LogP contribution in [0.25, 0.3) is 11.2 Å². The topological polar surface area (TPSA) is 61.5 Å². The highest BCUT2D eigenvalue weighted by molar-refractivity contribution is 5.69. The van der Waals surface area contributed by atoms with Gasteiger partial charge in [-0.2, -0.15) is 0 Å². The van der Waals surface area contributed by atoms with Crippen LogP contribution in [0.15, 0.2) is 18.3 Å². The molecule has 0 atom stereocenters. The third kappa shape index (κ3) is 0.969. The summed E-state index contributed by atoms with van der Waals surface area (Å²) in [6.45, 7) is -0.323. The molecule has 0 spiro atoms. The van der Waals surface area contributed by atoms with E-state index in [2.05, 4.69) is 15.0 Å². The van der Waals surface area contributed by atoms with Gasteiger partial charge < -0.3 is 4.98 Å². The summed E-state index contributed by atoms with van der Waals surface area (Å²) in [6.07, 6.45) is 1.65. The second kappa shape index (κ2) is 2.32. The van der Waals surface area contributed by atoms with Crippen LogP contribution in [0.1, 0.15) is 5.82 Å². The minimum atomic E-state index is -0.323. The van der Waals surface area contributed by atoms with Crippen molar-refractivity contribution >= 4 is 11.2 Å². The van der Waals surface area contributed by atoms with Gasteiger partial charge >= 0.3 is 0 Å². The van der Waals surface area contributed by atoms with Gasteiger partial charge in [0.15, 0.2) is 5.65 Å².